The highest BCUT2D eigenvalue weighted by Crippen LogP contribution is 2.45. The third kappa shape index (κ3) is 4.94. The van der Waals surface area contributed by atoms with Crippen molar-refractivity contribution in [3.05, 3.63) is 57.7 Å². The van der Waals surface area contributed by atoms with Gasteiger partial charge in [0.05, 0.1) is 11.9 Å². The molecule has 0 aliphatic heterocycles. The number of thiophene rings is 1. The standard InChI is InChI=1S/C25H19F7N8O2S/c1-4-39-10(3)12(8-34-39)11-6-13(20(26)27)36-23-17(11)18(19(43-23)21(33)41)37-22(42)14-7-16-35-9(2)5-15(40(16)38-14)24(28,29)25(30,31)32/h5-8,20H,4H2,1-3H3,(H2,33,41)(H,37,42). The Bertz CT molecular complexity index is 1930. The molecule has 0 aromatic carbocycles. The second kappa shape index (κ2) is 10.3. The first-order valence-corrected chi connectivity index (χ1v) is 13.1. The van der Waals surface area contributed by atoms with E-state index in [0.29, 0.717) is 35.2 Å². The van der Waals surface area contributed by atoms with Crippen LogP contribution in [0.4, 0.5) is 36.4 Å². The van der Waals surface area contributed by atoms with Crippen molar-refractivity contribution in [3.63, 3.8) is 0 Å². The summed E-state index contributed by atoms with van der Waals surface area (Å²) in [5, 5.41) is 10.3. The maximum absolute atomic E-state index is 14.3. The number of aryl methyl sites for hydroxylation is 2. The second-order valence-corrected chi connectivity index (χ2v) is 10.3. The van der Waals surface area contributed by atoms with Gasteiger partial charge in [-0.1, -0.05) is 0 Å². The molecule has 0 atom stereocenters. The summed E-state index contributed by atoms with van der Waals surface area (Å²) in [6, 6.07) is 2.44. The molecule has 0 aliphatic rings. The van der Waals surface area contributed by atoms with Crippen LogP contribution >= 0.6 is 11.3 Å². The van der Waals surface area contributed by atoms with Crippen LogP contribution in [0.25, 0.3) is 27.0 Å². The first-order valence-electron chi connectivity index (χ1n) is 12.3. The molecule has 5 heterocycles. The van der Waals surface area contributed by atoms with Gasteiger partial charge in [-0.3, -0.25) is 14.3 Å². The lowest BCUT2D eigenvalue weighted by Crippen LogP contribution is -2.36. The molecule has 226 valence electrons. The highest BCUT2D eigenvalue weighted by Gasteiger charge is 2.60. The Morgan fingerprint density at radius 3 is 2.35 bits per heavy atom. The maximum Gasteiger partial charge on any atom is 0.459 e. The minimum atomic E-state index is -5.97. The first kappa shape index (κ1) is 29.9. The Balaban J connectivity index is 1.69. The van der Waals surface area contributed by atoms with Gasteiger partial charge in [0, 0.05) is 34.9 Å². The number of nitrogens with two attached hydrogens (primary N) is 1. The molecule has 0 unspecified atom stereocenters. The molecule has 0 saturated heterocycles. The van der Waals surface area contributed by atoms with Gasteiger partial charge >= 0.3 is 12.1 Å². The molecule has 18 heteroatoms. The summed E-state index contributed by atoms with van der Waals surface area (Å²) in [5.74, 6) is -7.54. The van der Waals surface area contributed by atoms with Crippen molar-refractivity contribution in [1.29, 1.82) is 0 Å². The molecule has 10 nitrogen and oxygen atoms in total. The number of pyridine rings is 1. The van der Waals surface area contributed by atoms with Crippen molar-refractivity contribution in [3.8, 4) is 11.1 Å². The molecule has 5 aromatic rings. The summed E-state index contributed by atoms with van der Waals surface area (Å²) in [6.45, 7) is 5.11. The third-order valence-electron chi connectivity index (χ3n) is 6.53. The monoisotopic (exact) mass is 628 g/mol. The van der Waals surface area contributed by atoms with E-state index in [-0.39, 0.29) is 36.6 Å². The third-order valence-corrected chi connectivity index (χ3v) is 7.62. The molecule has 5 rings (SSSR count). The van der Waals surface area contributed by atoms with Crippen LogP contribution in [0.15, 0.2) is 24.4 Å². The Morgan fingerprint density at radius 1 is 1.07 bits per heavy atom. The lowest BCUT2D eigenvalue weighted by molar-refractivity contribution is -0.291. The fourth-order valence-electron chi connectivity index (χ4n) is 4.52. The Hall–Kier alpha value is -4.61. The Morgan fingerprint density at radius 2 is 1.77 bits per heavy atom. The van der Waals surface area contributed by atoms with Gasteiger partial charge in [0.2, 0.25) is 0 Å². The van der Waals surface area contributed by atoms with Crippen molar-refractivity contribution < 1.29 is 40.3 Å². The molecule has 0 saturated carbocycles. The SMILES string of the molecule is CCn1ncc(-c2cc(C(F)F)nc3sc(C(N)=O)c(NC(=O)c4cc5nc(C)cc(C(F)(F)C(F)(F)F)n5n4)c23)c1C. The summed E-state index contributed by atoms with van der Waals surface area (Å²) < 4.78 is 97.6. The van der Waals surface area contributed by atoms with Crippen molar-refractivity contribution in [2.45, 2.75) is 45.8 Å². The number of fused-ring (bicyclic) bond motifs is 2. The van der Waals surface area contributed by atoms with Crippen LogP contribution in [-0.2, 0) is 12.5 Å². The number of carbonyl (C=O) groups excluding carboxylic acids is 2. The average molecular weight is 629 g/mol. The van der Waals surface area contributed by atoms with Gasteiger partial charge in [0.1, 0.15) is 21.1 Å². The van der Waals surface area contributed by atoms with Gasteiger partial charge in [-0.15, -0.1) is 11.3 Å². The van der Waals surface area contributed by atoms with Crippen molar-refractivity contribution in [1.82, 2.24) is 29.4 Å². The van der Waals surface area contributed by atoms with Crippen molar-refractivity contribution in [2.24, 2.45) is 5.73 Å². The minimum Gasteiger partial charge on any atom is -0.365 e. The van der Waals surface area contributed by atoms with Gasteiger partial charge in [-0.2, -0.15) is 32.1 Å². The van der Waals surface area contributed by atoms with Crippen LogP contribution < -0.4 is 11.1 Å². The van der Waals surface area contributed by atoms with Crippen LogP contribution in [0.5, 0.6) is 0 Å². The number of hydrogen-bond acceptors (Lipinski definition) is 7. The van der Waals surface area contributed by atoms with Gasteiger partial charge in [0.15, 0.2) is 11.3 Å². The number of anilines is 1. The molecule has 0 spiro atoms. The highest BCUT2D eigenvalue weighted by molar-refractivity contribution is 7.21. The van der Waals surface area contributed by atoms with Gasteiger partial charge in [-0.25, -0.2) is 23.3 Å². The summed E-state index contributed by atoms with van der Waals surface area (Å²) >= 11 is 0.620. The predicted molar refractivity (Wildman–Crippen MR) is 140 cm³/mol. The number of nitrogens with zero attached hydrogens (tertiary/aromatic N) is 6. The molecule has 3 N–H and O–H groups in total. The molecule has 0 fully saturated rings. The highest BCUT2D eigenvalue weighted by atomic mass is 32.1. The first-order chi connectivity index (χ1) is 20.0. The number of primary amides is 1. The van der Waals surface area contributed by atoms with Gasteiger partial charge < -0.3 is 11.1 Å². The largest absolute Gasteiger partial charge is 0.459 e. The normalized spacial score (nSPS) is 12.5. The van der Waals surface area contributed by atoms with Crippen LogP contribution in [0.3, 0.4) is 0 Å². The lowest BCUT2D eigenvalue weighted by Gasteiger charge is -2.20. The van der Waals surface area contributed by atoms with Crippen LogP contribution in [-0.4, -0.2) is 47.4 Å². The van der Waals surface area contributed by atoms with Gasteiger partial charge in [-0.05, 0) is 38.5 Å². The number of nitrogens with one attached hydrogen (secondary N) is 1. The summed E-state index contributed by atoms with van der Waals surface area (Å²) in [6.07, 6.45) is -7.56. The molecule has 5 aromatic heterocycles. The number of carbonyl (C=O) groups is 2. The van der Waals surface area contributed by atoms with E-state index >= 15 is 0 Å². The summed E-state index contributed by atoms with van der Waals surface area (Å²) in [7, 11) is 0. The number of aromatic nitrogens is 6. The fraction of sp³-hybridized carbons (Fsp3) is 0.280. The van der Waals surface area contributed by atoms with Crippen molar-refractivity contribution >= 4 is 44.7 Å². The predicted octanol–water partition coefficient (Wildman–Crippen LogP) is 5.78. The quantitative estimate of drug-likeness (QED) is 0.220. The van der Waals surface area contributed by atoms with Crippen LogP contribution in [0.2, 0.25) is 0 Å². The molecule has 0 aliphatic carbocycles. The molecule has 43 heavy (non-hydrogen) atoms. The van der Waals surface area contributed by atoms with E-state index in [1.807, 2.05) is 0 Å². The zero-order valence-corrected chi connectivity index (χ0v) is 23.0. The molecule has 0 radical (unpaired) electrons. The fourth-order valence-corrected chi connectivity index (χ4v) is 5.54. The van der Waals surface area contributed by atoms with Crippen LogP contribution in [0, 0.1) is 13.8 Å². The van der Waals surface area contributed by atoms with Crippen molar-refractivity contribution in [2.75, 3.05) is 5.32 Å². The number of hydrogen-bond donors (Lipinski definition) is 2. The maximum atomic E-state index is 14.3. The smallest absolute Gasteiger partial charge is 0.365 e. The summed E-state index contributed by atoms with van der Waals surface area (Å²) in [5.41, 5.74) is 2.85. The molecule has 0 bridgehead atoms. The van der Waals surface area contributed by atoms with E-state index in [0.717, 1.165) is 12.1 Å². The molecular weight excluding hydrogens is 609 g/mol. The van der Waals surface area contributed by atoms with E-state index in [1.54, 1.807) is 18.5 Å². The second-order valence-electron chi connectivity index (χ2n) is 9.31. The Kier molecular flexibility index (Phi) is 7.14. The number of alkyl halides is 7. The van der Waals surface area contributed by atoms with E-state index in [4.69, 9.17) is 5.73 Å². The Labute approximate surface area is 240 Å². The van der Waals surface area contributed by atoms with E-state index in [2.05, 4.69) is 25.5 Å². The summed E-state index contributed by atoms with van der Waals surface area (Å²) in [4.78, 5) is 33.2. The zero-order chi connectivity index (χ0) is 31.6. The average Bonchev–Trinajstić information content (AvgIpc) is 3.61. The van der Waals surface area contributed by atoms with Gasteiger partial charge in [0.25, 0.3) is 18.2 Å². The minimum absolute atomic E-state index is 0.0531. The number of rotatable bonds is 7. The zero-order valence-electron chi connectivity index (χ0n) is 22.2. The molecular formula is C25H19F7N8O2S. The molecule has 2 amide bonds. The van der Waals surface area contributed by atoms with E-state index in [9.17, 15) is 40.3 Å². The number of halogens is 7. The lowest BCUT2D eigenvalue weighted by atomic mass is 10.0. The van der Waals surface area contributed by atoms with Crippen LogP contribution in [0.1, 0.15) is 56.3 Å². The topological polar surface area (TPSA) is 133 Å². The van der Waals surface area contributed by atoms with E-state index < -0.39 is 53.1 Å². The number of amides is 2. The van der Waals surface area contributed by atoms with E-state index in [1.165, 1.54) is 13.1 Å².